The Morgan fingerprint density at radius 2 is 1.69 bits per heavy atom. The van der Waals surface area contributed by atoms with Gasteiger partial charge in [0.15, 0.2) is 5.78 Å². The van der Waals surface area contributed by atoms with Crippen molar-refractivity contribution in [3.8, 4) is 0 Å². The molecule has 0 heterocycles. The van der Waals surface area contributed by atoms with Crippen molar-refractivity contribution in [1.82, 2.24) is 0 Å². The second kappa shape index (κ2) is 6.54. The lowest BCUT2D eigenvalue weighted by Crippen LogP contribution is -2.56. The molecule has 156 valence electrons. The molecule has 4 aliphatic carbocycles. The van der Waals surface area contributed by atoms with Gasteiger partial charge in [-0.05, 0) is 104 Å². The van der Waals surface area contributed by atoms with Crippen LogP contribution in [-0.2, 0) is 4.79 Å². The maximum Gasteiger partial charge on any atom is 0.159 e. The van der Waals surface area contributed by atoms with Gasteiger partial charge in [-0.25, -0.2) is 0 Å². The number of Topliss-reactive ketones (excluding diaryl/α,β-unsaturated/α-hetero) is 1. The highest BCUT2D eigenvalue weighted by molar-refractivity contribution is 6.00. The fourth-order valence-electron chi connectivity index (χ4n) is 8.13. The Hall–Kier alpha value is -1.41. The molecule has 2 nitrogen and oxygen atoms in total. The molecule has 0 bridgehead atoms. The lowest BCUT2D eigenvalue weighted by molar-refractivity contribution is -0.147. The highest BCUT2D eigenvalue weighted by Crippen LogP contribution is 2.68. The number of carbonyl (C=O) groups excluding carboxylic acids is 1. The smallest absolute Gasteiger partial charge is 0.159 e. The maximum atomic E-state index is 13.0. The minimum Gasteiger partial charge on any atom is -0.390 e. The summed E-state index contributed by atoms with van der Waals surface area (Å²) >= 11 is 0. The average Bonchev–Trinajstić information content (AvgIpc) is 2.93. The molecule has 0 unspecified atom stereocenters. The quantitative estimate of drug-likeness (QED) is 0.591. The molecule has 7 atom stereocenters. The van der Waals surface area contributed by atoms with Crippen LogP contribution in [0.15, 0.2) is 35.9 Å². The Morgan fingerprint density at radius 1 is 0.966 bits per heavy atom. The minimum absolute atomic E-state index is 0.0740. The van der Waals surface area contributed by atoms with E-state index in [0.29, 0.717) is 23.5 Å². The number of hydrogen-bond donors (Lipinski definition) is 1. The third kappa shape index (κ3) is 2.81. The summed E-state index contributed by atoms with van der Waals surface area (Å²) in [5.74, 6) is 2.97. The molecule has 4 fully saturated rings. The van der Waals surface area contributed by atoms with Crippen LogP contribution in [0.5, 0.6) is 0 Å². The number of hydrogen-bond acceptors (Lipinski definition) is 2. The summed E-state index contributed by atoms with van der Waals surface area (Å²) in [6.07, 6.45) is 10.8. The number of allylic oxidation sites excluding steroid dienone is 1. The monoisotopic (exact) mass is 392 g/mol. The van der Waals surface area contributed by atoms with Crippen molar-refractivity contribution in [2.45, 2.75) is 77.7 Å². The van der Waals surface area contributed by atoms with Crippen molar-refractivity contribution in [2.75, 3.05) is 0 Å². The van der Waals surface area contributed by atoms with Crippen molar-refractivity contribution in [3.05, 3.63) is 41.5 Å². The molecule has 1 N–H and O–H groups in total. The Bertz CT molecular complexity index is 837. The number of aliphatic hydroxyl groups is 1. The summed E-state index contributed by atoms with van der Waals surface area (Å²) < 4.78 is 0. The second-order valence-electron chi connectivity index (χ2n) is 11.3. The van der Waals surface area contributed by atoms with Crippen molar-refractivity contribution >= 4 is 11.9 Å². The topological polar surface area (TPSA) is 37.3 Å². The van der Waals surface area contributed by atoms with E-state index in [-0.39, 0.29) is 10.8 Å². The molecule has 0 aromatic heterocycles. The van der Waals surface area contributed by atoms with Crippen LogP contribution < -0.4 is 0 Å². The van der Waals surface area contributed by atoms with Gasteiger partial charge in [-0.15, -0.1) is 0 Å². The van der Waals surface area contributed by atoms with Gasteiger partial charge in [0.2, 0.25) is 0 Å². The Balaban J connectivity index is 1.46. The second-order valence-corrected chi connectivity index (χ2v) is 11.3. The summed E-state index contributed by atoms with van der Waals surface area (Å²) in [7, 11) is 0. The van der Waals surface area contributed by atoms with Gasteiger partial charge in [0, 0.05) is 6.42 Å². The summed E-state index contributed by atoms with van der Waals surface area (Å²) in [6, 6.07) is 10.3. The predicted octanol–water partition coefficient (Wildman–Crippen LogP) is 6.04. The molecule has 2 heteroatoms. The van der Waals surface area contributed by atoms with Crippen LogP contribution in [0, 0.1) is 34.5 Å². The van der Waals surface area contributed by atoms with E-state index in [0.717, 1.165) is 42.7 Å². The normalized spacial score (nSPS) is 48.1. The SMILES string of the molecule is C[C@]12C/C(=C\c3ccccc3)C(=O)C[C@@H]1CC[C@@H]1[C@@H]2CC[C@@]2(C)[C@H]1CC[C@]2(C)O. The predicted molar refractivity (Wildman–Crippen MR) is 117 cm³/mol. The van der Waals surface area contributed by atoms with Gasteiger partial charge in [-0.1, -0.05) is 44.2 Å². The minimum atomic E-state index is -0.513. The molecular formula is C27H36O2. The van der Waals surface area contributed by atoms with Crippen LogP contribution in [0.1, 0.15) is 77.7 Å². The van der Waals surface area contributed by atoms with Crippen LogP contribution >= 0.6 is 0 Å². The first kappa shape index (κ1) is 19.5. The van der Waals surface area contributed by atoms with Crippen LogP contribution in [0.2, 0.25) is 0 Å². The highest BCUT2D eigenvalue weighted by Gasteiger charge is 2.63. The summed E-state index contributed by atoms with van der Waals surface area (Å²) in [6.45, 7) is 6.94. The lowest BCUT2D eigenvalue weighted by Gasteiger charge is -2.61. The Morgan fingerprint density at radius 3 is 2.45 bits per heavy atom. The first-order valence-corrected chi connectivity index (χ1v) is 11.8. The van der Waals surface area contributed by atoms with E-state index < -0.39 is 5.60 Å². The molecular weight excluding hydrogens is 356 g/mol. The van der Waals surface area contributed by atoms with E-state index in [1.54, 1.807) is 0 Å². The molecule has 29 heavy (non-hydrogen) atoms. The van der Waals surface area contributed by atoms with E-state index in [9.17, 15) is 9.90 Å². The van der Waals surface area contributed by atoms with Gasteiger partial charge < -0.3 is 5.11 Å². The average molecular weight is 393 g/mol. The Kier molecular flexibility index (Phi) is 4.41. The van der Waals surface area contributed by atoms with Crippen molar-refractivity contribution in [1.29, 1.82) is 0 Å². The van der Waals surface area contributed by atoms with Crippen molar-refractivity contribution in [2.24, 2.45) is 34.5 Å². The molecule has 0 spiro atoms. The Labute approximate surface area is 175 Å². The van der Waals surface area contributed by atoms with E-state index in [2.05, 4.69) is 51.1 Å². The molecule has 4 saturated carbocycles. The zero-order valence-electron chi connectivity index (χ0n) is 18.3. The van der Waals surface area contributed by atoms with Gasteiger partial charge >= 0.3 is 0 Å². The van der Waals surface area contributed by atoms with E-state index in [4.69, 9.17) is 0 Å². The zero-order valence-corrected chi connectivity index (χ0v) is 18.3. The molecule has 4 aliphatic rings. The first-order chi connectivity index (χ1) is 13.7. The van der Waals surface area contributed by atoms with Gasteiger partial charge in [0.1, 0.15) is 0 Å². The molecule has 1 aromatic rings. The van der Waals surface area contributed by atoms with Crippen LogP contribution in [-0.4, -0.2) is 16.5 Å². The van der Waals surface area contributed by atoms with E-state index >= 15 is 0 Å². The third-order valence-corrected chi connectivity index (χ3v) is 10.1. The zero-order chi connectivity index (χ0) is 20.4. The molecule has 0 aliphatic heterocycles. The molecule has 0 saturated heterocycles. The molecule has 0 amide bonds. The third-order valence-electron chi connectivity index (χ3n) is 10.1. The van der Waals surface area contributed by atoms with Crippen LogP contribution in [0.4, 0.5) is 0 Å². The molecule has 5 rings (SSSR count). The fourth-order valence-corrected chi connectivity index (χ4v) is 8.13. The summed E-state index contributed by atoms with van der Waals surface area (Å²) in [5, 5.41) is 11.1. The van der Waals surface area contributed by atoms with Gasteiger partial charge in [-0.3, -0.25) is 4.79 Å². The standard InChI is InChI=1S/C27H36O2/c1-25-17-19(15-18-7-5-4-6-8-18)24(28)16-20(25)9-10-21-22(25)11-13-26(2)23(21)12-14-27(26,3)29/h4-8,15,20-23,29H,9-14,16-17H2,1-3H3/b19-15+/t20-,21+,22-,23-,25-,26-,27-/m0/s1. The number of benzene rings is 1. The largest absolute Gasteiger partial charge is 0.390 e. The number of ketones is 1. The summed E-state index contributed by atoms with van der Waals surface area (Å²) in [5.41, 5.74) is 1.98. The fraction of sp³-hybridized carbons (Fsp3) is 0.667. The number of carbonyl (C=O) groups is 1. The van der Waals surface area contributed by atoms with E-state index in [1.807, 2.05) is 6.07 Å². The van der Waals surface area contributed by atoms with Gasteiger partial charge in [0.25, 0.3) is 0 Å². The van der Waals surface area contributed by atoms with E-state index in [1.165, 1.54) is 25.7 Å². The highest BCUT2D eigenvalue weighted by atomic mass is 16.3. The summed E-state index contributed by atoms with van der Waals surface area (Å²) in [4.78, 5) is 13.0. The molecule has 1 aromatic carbocycles. The van der Waals surface area contributed by atoms with Gasteiger partial charge in [-0.2, -0.15) is 0 Å². The number of rotatable bonds is 1. The number of fused-ring (bicyclic) bond motifs is 5. The first-order valence-electron chi connectivity index (χ1n) is 11.8. The van der Waals surface area contributed by atoms with Gasteiger partial charge in [0.05, 0.1) is 5.60 Å². The van der Waals surface area contributed by atoms with Crippen molar-refractivity contribution in [3.63, 3.8) is 0 Å². The van der Waals surface area contributed by atoms with Crippen LogP contribution in [0.25, 0.3) is 6.08 Å². The lowest BCUT2D eigenvalue weighted by atomic mass is 9.44. The maximum absolute atomic E-state index is 13.0. The van der Waals surface area contributed by atoms with Crippen molar-refractivity contribution < 1.29 is 9.90 Å². The van der Waals surface area contributed by atoms with Crippen LogP contribution in [0.3, 0.4) is 0 Å². The molecule has 0 radical (unpaired) electrons.